The number of halogens is 1. The molecule has 20 heavy (non-hydrogen) atoms. The molecule has 0 bridgehead atoms. The highest BCUT2D eigenvalue weighted by molar-refractivity contribution is 9.10. The Bertz CT molecular complexity index is 507. The SMILES string of the molecule is CN(Cc1ccccc1Br)C(=O)CN1CCNC(=O)C1. The molecule has 1 saturated heterocycles. The Morgan fingerprint density at radius 2 is 2.20 bits per heavy atom. The first-order valence-electron chi connectivity index (χ1n) is 6.52. The lowest BCUT2D eigenvalue weighted by Gasteiger charge is -2.28. The van der Waals surface area contributed by atoms with Gasteiger partial charge in [-0.15, -0.1) is 0 Å². The number of carbonyl (C=O) groups excluding carboxylic acids is 2. The Kier molecular flexibility index (Phi) is 5.14. The third-order valence-electron chi connectivity index (χ3n) is 3.27. The highest BCUT2D eigenvalue weighted by atomic mass is 79.9. The van der Waals surface area contributed by atoms with Crippen LogP contribution in [0.25, 0.3) is 0 Å². The zero-order chi connectivity index (χ0) is 14.5. The van der Waals surface area contributed by atoms with Gasteiger partial charge in [-0.25, -0.2) is 0 Å². The molecule has 0 unspecified atom stereocenters. The van der Waals surface area contributed by atoms with Gasteiger partial charge in [-0.05, 0) is 11.6 Å². The molecule has 0 spiro atoms. The Labute approximate surface area is 127 Å². The zero-order valence-corrected chi connectivity index (χ0v) is 13.0. The van der Waals surface area contributed by atoms with E-state index in [4.69, 9.17) is 0 Å². The monoisotopic (exact) mass is 339 g/mol. The maximum Gasteiger partial charge on any atom is 0.236 e. The number of hydrogen-bond acceptors (Lipinski definition) is 3. The summed E-state index contributed by atoms with van der Waals surface area (Å²) in [7, 11) is 1.78. The molecule has 0 atom stereocenters. The van der Waals surface area contributed by atoms with Crippen molar-refractivity contribution in [2.45, 2.75) is 6.54 Å². The number of nitrogens with one attached hydrogen (secondary N) is 1. The van der Waals surface area contributed by atoms with E-state index in [1.807, 2.05) is 29.2 Å². The number of amides is 2. The van der Waals surface area contributed by atoms with Gasteiger partial charge in [0.25, 0.3) is 0 Å². The molecule has 0 saturated carbocycles. The van der Waals surface area contributed by atoms with Crippen LogP contribution in [0.3, 0.4) is 0 Å². The number of likely N-dealkylation sites (N-methyl/N-ethyl adjacent to an activating group) is 1. The smallest absolute Gasteiger partial charge is 0.236 e. The number of piperazine rings is 1. The van der Waals surface area contributed by atoms with Crippen LogP contribution in [0.5, 0.6) is 0 Å². The average Bonchev–Trinajstić information content (AvgIpc) is 2.41. The Morgan fingerprint density at radius 3 is 2.90 bits per heavy atom. The number of benzene rings is 1. The van der Waals surface area contributed by atoms with Gasteiger partial charge in [0.05, 0.1) is 13.1 Å². The van der Waals surface area contributed by atoms with Gasteiger partial charge >= 0.3 is 0 Å². The normalized spacial score (nSPS) is 15.8. The molecule has 2 amide bonds. The maximum absolute atomic E-state index is 12.2. The number of hydrogen-bond donors (Lipinski definition) is 1. The van der Waals surface area contributed by atoms with Crippen LogP contribution in [0.15, 0.2) is 28.7 Å². The molecule has 1 aromatic carbocycles. The van der Waals surface area contributed by atoms with Gasteiger partial charge in [0.2, 0.25) is 11.8 Å². The van der Waals surface area contributed by atoms with E-state index < -0.39 is 0 Å². The van der Waals surface area contributed by atoms with Crippen LogP contribution in [0.1, 0.15) is 5.56 Å². The summed E-state index contributed by atoms with van der Waals surface area (Å²) in [5.74, 6) is 0.00737. The van der Waals surface area contributed by atoms with E-state index in [-0.39, 0.29) is 18.4 Å². The first-order valence-corrected chi connectivity index (χ1v) is 7.32. The number of rotatable bonds is 4. The lowest BCUT2D eigenvalue weighted by Crippen LogP contribution is -2.50. The summed E-state index contributed by atoms with van der Waals surface area (Å²) in [5, 5.41) is 2.75. The van der Waals surface area contributed by atoms with E-state index in [9.17, 15) is 9.59 Å². The van der Waals surface area contributed by atoms with Gasteiger partial charge in [-0.3, -0.25) is 14.5 Å². The fourth-order valence-corrected chi connectivity index (χ4v) is 2.52. The van der Waals surface area contributed by atoms with Crippen molar-refractivity contribution < 1.29 is 9.59 Å². The average molecular weight is 340 g/mol. The largest absolute Gasteiger partial charge is 0.354 e. The molecule has 1 aromatic rings. The van der Waals surface area contributed by atoms with Crippen molar-refractivity contribution in [1.82, 2.24) is 15.1 Å². The minimum Gasteiger partial charge on any atom is -0.354 e. The van der Waals surface area contributed by atoms with Gasteiger partial charge in [0.15, 0.2) is 0 Å². The van der Waals surface area contributed by atoms with Crippen LogP contribution in [-0.4, -0.2) is 54.8 Å². The standard InChI is InChI=1S/C14H18BrN3O2/c1-17(8-11-4-2-3-5-12(11)15)14(20)10-18-7-6-16-13(19)9-18/h2-5H,6-10H2,1H3,(H,16,19). The summed E-state index contributed by atoms with van der Waals surface area (Å²) in [6.07, 6.45) is 0. The minimum atomic E-state index is -0.0162. The summed E-state index contributed by atoms with van der Waals surface area (Å²) in [6, 6.07) is 7.85. The Hall–Kier alpha value is -1.40. The quantitative estimate of drug-likeness (QED) is 0.884. The van der Waals surface area contributed by atoms with Crippen LogP contribution in [0.2, 0.25) is 0 Å². The van der Waals surface area contributed by atoms with Crippen molar-refractivity contribution in [2.75, 3.05) is 33.2 Å². The highest BCUT2D eigenvalue weighted by Gasteiger charge is 2.20. The summed E-state index contributed by atoms with van der Waals surface area (Å²) in [5.41, 5.74) is 1.07. The molecule has 1 aliphatic heterocycles. The Morgan fingerprint density at radius 1 is 1.45 bits per heavy atom. The van der Waals surface area contributed by atoms with E-state index in [0.717, 1.165) is 16.6 Å². The Balaban J connectivity index is 1.89. The molecule has 5 nitrogen and oxygen atoms in total. The van der Waals surface area contributed by atoms with Crippen LogP contribution in [0.4, 0.5) is 0 Å². The van der Waals surface area contributed by atoms with Crippen molar-refractivity contribution >= 4 is 27.7 Å². The van der Waals surface area contributed by atoms with E-state index in [1.54, 1.807) is 11.9 Å². The minimum absolute atomic E-state index is 0.0162. The van der Waals surface area contributed by atoms with Crippen LogP contribution in [0, 0.1) is 0 Å². The van der Waals surface area contributed by atoms with Crippen molar-refractivity contribution in [2.24, 2.45) is 0 Å². The predicted molar refractivity (Wildman–Crippen MR) is 80.1 cm³/mol. The second kappa shape index (κ2) is 6.85. The summed E-state index contributed by atoms with van der Waals surface area (Å²) in [4.78, 5) is 27.0. The molecule has 0 aliphatic carbocycles. The van der Waals surface area contributed by atoms with Crippen molar-refractivity contribution in [3.8, 4) is 0 Å². The number of nitrogens with zero attached hydrogens (tertiary/aromatic N) is 2. The molecular formula is C14H18BrN3O2. The van der Waals surface area contributed by atoms with E-state index >= 15 is 0 Å². The number of carbonyl (C=O) groups is 2. The second-order valence-corrected chi connectivity index (χ2v) is 5.76. The molecule has 1 aliphatic rings. The van der Waals surface area contributed by atoms with Crippen LogP contribution < -0.4 is 5.32 Å². The first kappa shape index (κ1) is 15.0. The molecule has 1 fully saturated rings. The fourth-order valence-electron chi connectivity index (χ4n) is 2.11. The van der Waals surface area contributed by atoms with E-state index in [0.29, 0.717) is 19.6 Å². The van der Waals surface area contributed by atoms with E-state index in [1.165, 1.54) is 0 Å². The molecule has 2 rings (SSSR count). The van der Waals surface area contributed by atoms with Gasteiger partial charge in [-0.1, -0.05) is 34.1 Å². The molecule has 0 radical (unpaired) electrons. The molecule has 6 heteroatoms. The van der Waals surface area contributed by atoms with Crippen LogP contribution >= 0.6 is 15.9 Å². The van der Waals surface area contributed by atoms with Crippen molar-refractivity contribution in [3.63, 3.8) is 0 Å². The van der Waals surface area contributed by atoms with E-state index in [2.05, 4.69) is 21.2 Å². The van der Waals surface area contributed by atoms with Crippen molar-refractivity contribution in [3.05, 3.63) is 34.3 Å². The summed E-state index contributed by atoms with van der Waals surface area (Å²) < 4.78 is 0.997. The zero-order valence-electron chi connectivity index (χ0n) is 11.4. The lowest BCUT2D eigenvalue weighted by atomic mass is 10.2. The molecule has 1 heterocycles. The molecule has 0 aromatic heterocycles. The van der Waals surface area contributed by atoms with Gasteiger partial charge in [0.1, 0.15) is 0 Å². The third kappa shape index (κ3) is 4.05. The topological polar surface area (TPSA) is 52.7 Å². The third-order valence-corrected chi connectivity index (χ3v) is 4.04. The van der Waals surface area contributed by atoms with Crippen LogP contribution in [-0.2, 0) is 16.1 Å². The van der Waals surface area contributed by atoms with Gasteiger partial charge in [0, 0.05) is 31.2 Å². The molecule has 1 N–H and O–H groups in total. The van der Waals surface area contributed by atoms with Crippen molar-refractivity contribution in [1.29, 1.82) is 0 Å². The van der Waals surface area contributed by atoms with Gasteiger partial charge in [-0.2, -0.15) is 0 Å². The summed E-state index contributed by atoms with van der Waals surface area (Å²) >= 11 is 3.48. The van der Waals surface area contributed by atoms with Gasteiger partial charge < -0.3 is 10.2 Å². The molecule has 108 valence electrons. The first-order chi connectivity index (χ1) is 9.56. The summed E-state index contributed by atoms with van der Waals surface area (Å²) in [6.45, 7) is 2.48. The highest BCUT2D eigenvalue weighted by Crippen LogP contribution is 2.17. The lowest BCUT2D eigenvalue weighted by molar-refractivity contribution is -0.133. The predicted octanol–water partition coefficient (Wildman–Crippen LogP) is 0.839. The molecular weight excluding hydrogens is 322 g/mol. The maximum atomic E-state index is 12.2. The second-order valence-electron chi connectivity index (χ2n) is 4.90. The fraction of sp³-hybridized carbons (Fsp3) is 0.429.